The predicted molar refractivity (Wildman–Crippen MR) is 112 cm³/mol. The van der Waals surface area contributed by atoms with E-state index >= 15 is 0 Å². The first kappa shape index (κ1) is 19.6. The van der Waals surface area contributed by atoms with Crippen LogP contribution < -0.4 is 10.5 Å². The van der Waals surface area contributed by atoms with Gasteiger partial charge in [0.1, 0.15) is 11.9 Å². The molecule has 2 heterocycles. The van der Waals surface area contributed by atoms with Gasteiger partial charge in [-0.3, -0.25) is 4.90 Å². The minimum absolute atomic E-state index is 0.0472. The van der Waals surface area contributed by atoms with Crippen LogP contribution in [0.2, 0.25) is 10.0 Å². The maximum absolute atomic E-state index is 11.7. The quantitative estimate of drug-likeness (QED) is 0.660. The summed E-state index contributed by atoms with van der Waals surface area (Å²) in [6.07, 6.45) is 1.98. The van der Waals surface area contributed by atoms with E-state index in [2.05, 4.69) is 10.00 Å². The van der Waals surface area contributed by atoms with Crippen LogP contribution in [0.15, 0.2) is 52.0 Å². The number of likely N-dealkylation sites (tertiary alicyclic amines) is 1. The lowest BCUT2D eigenvalue weighted by atomic mass is 10.1. The zero-order valence-corrected chi connectivity index (χ0v) is 17.4. The van der Waals surface area contributed by atoms with Crippen molar-refractivity contribution in [3.05, 3.63) is 74.5 Å². The van der Waals surface area contributed by atoms with E-state index in [4.69, 9.17) is 32.4 Å². The standard InChI is InChI=1S/C21H19Cl2N3O4/c22-12-7-17-16(18(23)8-12)9-19(25-6-5-14(27)10-25)20(17)30-15-3-1-13(2-4-15)26-21(28)29-11-24-26/h1-4,7-8,11,14,19-20,27H,5-6,9-10H2/t14-,19-,20+/m1/s1. The minimum atomic E-state index is -0.551. The van der Waals surface area contributed by atoms with Crippen LogP contribution in [-0.4, -0.2) is 45.0 Å². The van der Waals surface area contributed by atoms with Crippen molar-refractivity contribution in [2.75, 3.05) is 13.1 Å². The van der Waals surface area contributed by atoms with Crippen molar-refractivity contribution in [3.63, 3.8) is 0 Å². The lowest BCUT2D eigenvalue weighted by molar-refractivity contribution is 0.0818. The highest BCUT2D eigenvalue weighted by Crippen LogP contribution is 2.43. The zero-order chi connectivity index (χ0) is 20.8. The summed E-state index contributed by atoms with van der Waals surface area (Å²) in [5.74, 6) is 0.0966. The van der Waals surface area contributed by atoms with Gasteiger partial charge in [-0.05, 0) is 54.8 Å². The Morgan fingerprint density at radius 2 is 2.00 bits per heavy atom. The molecule has 0 bridgehead atoms. The van der Waals surface area contributed by atoms with Crippen LogP contribution in [-0.2, 0) is 6.42 Å². The highest BCUT2D eigenvalue weighted by molar-refractivity contribution is 6.35. The van der Waals surface area contributed by atoms with Gasteiger partial charge in [0.2, 0.25) is 6.39 Å². The Bertz CT molecular complexity index is 1130. The minimum Gasteiger partial charge on any atom is -0.484 e. The number of rotatable bonds is 4. The summed E-state index contributed by atoms with van der Waals surface area (Å²) in [6, 6.07) is 10.8. The molecule has 3 aromatic rings. The van der Waals surface area contributed by atoms with E-state index in [1.165, 1.54) is 4.68 Å². The molecule has 1 aromatic heterocycles. The smallest absolute Gasteiger partial charge is 0.441 e. The number of aliphatic hydroxyl groups excluding tert-OH is 1. The SMILES string of the molecule is O=c1ocnn1-c1ccc(O[C@H]2c3cc(Cl)cc(Cl)c3C[C@H]2N2CC[C@@H](O)C2)cc1. The number of halogens is 2. The molecule has 156 valence electrons. The van der Waals surface area contributed by atoms with Crippen molar-refractivity contribution in [1.29, 1.82) is 0 Å². The highest BCUT2D eigenvalue weighted by Gasteiger charge is 2.41. The first-order chi connectivity index (χ1) is 14.5. The maximum Gasteiger partial charge on any atom is 0.441 e. The highest BCUT2D eigenvalue weighted by atomic mass is 35.5. The van der Waals surface area contributed by atoms with Crippen molar-refractivity contribution in [3.8, 4) is 11.4 Å². The summed E-state index contributed by atoms with van der Waals surface area (Å²) < 4.78 is 12.3. The molecule has 0 unspecified atom stereocenters. The van der Waals surface area contributed by atoms with Gasteiger partial charge >= 0.3 is 5.76 Å². The number of β-amino-alcohol motifs (C(OH)–C–C–N with tert-alkyl or cyclic N) is 1. The lowest BCUT2D eigenvalue weighted by Crippen LogP contribution is -2.39. The number of nitrogens with zero attached hydrogens (tertiary/aromatic N) is 3. The molecule has 3 atom stereocenters. The van der Waals surface area contributed by atoms with E-state index in [1.54, 1.807) is 30.3 Å². The summed E-state index contributed by atoms with van der Waals surface area (Å²) in [7, 11) is 0. The lowest BCUT2D eigenvalue weighted by Gasteiger charge is -2.30. The van der Waals surface area contributed by atoms with Gasteiger partial charge in [-0.2, -0.15) is 4.68 Å². The number of aromatic nitrogens is 2. The molecule has 0 saturated carbocycles. The molecule has 2 aromatic carbocycles. The molecule has 0 spiro atoms. The molecule has 0 radical (unpaired) electrons. The second-order valence-electron chi connectivity index (χ2n) is 7.61. The fraction of sp³-hybridized carbons (Fsp3) is 0.333. The topological polar surface area (TPSA) is 80.7 Å². The third-order valence-corrected chi connectivity index (χ3v) is 6.32. The van der Waals surface area contributed by atoms with Crippen molar-refractivity contribution < 1.29 is 14.3 Å². The van der Waals surface area contributed by atoms with Crippen LogP contribution in [0, 0.1) is 0 Å². The number of hydrogen-bond acceptors (Lipinski definition) is 6. The van der Waals surface area contributed by atoms with Crippen LogP contribution in [0.3, 0.4) is 0 Å². The van der Waals surface area contributed by atoms with E-state index in [-0.39, 0.29) is 18.2 Å². The molecule has 1 saturated heterocycles. The van der Waals surface area contributed by atoms with Gasteiger partial charge in [0.25, 0.3) is 0 Å². The second-order valence-corrected chi connectivity index (χ2v) is 8.46. The largest absolute Gasteiger partial charge is 0.484 e. The van der Waals surface area contributed by atoms with Crippen molar-refractivity contribution in [2.45, 2.75) is 31.1 Å². The van der Waals surface area contributed by atoms with Gasteiger partial charge in [0.05, 0.1) is 17.8 Å². The Morgan fingerprint density at radius 1 is 1.20 bits per heavy atom. The fourth-order valence-electron chi connectivity index (χ4n) is 4.35. The summed E-state index contributed by atoms with van der Waals surface area (Å²) in [5.41, 5.74) is 2.58. The molecule has 1 fully saturated rings. The number of ether oxygens (including phenoxy) is 1. The van der Waals surface area contributed by atoms with Gasteiger partial charge in [-0.15, -0.1) is 5.10 Å². The first-order valence-electron chi connectivity index (χ1n) is 9.69. The third-order valence-electron chi connectivity index (χ3n) is 5.76. The van der Waals surface area contributed by atoms with Crippen LogP contribution in [0.4, 0.5) is 0 Å². The van der Waals surface area contributed by atoms with Crippen molar-refractivity contribution in [1.82, 2.24) is 14.7 Å². The Labute approximate surface area is 182 Å². The average molecular weight is 448 g/mol. The molecule has 9 heteroatoms. The van der Waals surface area contributed by atoms with Crippen LogP contribution in [0.5, 0.6) is 5.75 Å². The molecule has 0 amide bonds. The molecular formula is C21H19Cl2N3O4. The Balaban J connectivity index is 1.46. The maximum atomic E-state index is 11.7. The molecule has 30 heavy (non-hydrogen) atoms. The monoisotopic (exact) mass is 447 g/mol. The summed E-state index contributed by atoms with van der Waals surface area (Å²) in [5, 5.41) is 15.1. The van der Waals surface area contributed by atoms with E-state index in [9.17, 15) is 9.90 Å². The normalized spacial score (nSPS) is 23.6. The number of benzene rings is 2. The molecule has 1 N–H and O–H groups in total. The van der Waals surface area contributed by atoms with E-state index in [0.717, 1.165) is 36.9 Å². The average Bonchev–Trinajstić information content (AvgIpc) is 3.42. The fourth-order valence-corrected chi connectivity index (χ4v) is 4.93. The van der Waals surface area contributed by atoms with Crippen LogP contribution >= 0.6 is 23.2 Å². The molecule has 1 aliphatic carbocycles. The Morgan fingerprint density at radius 3 is 2.67 bits per heavy atom. The molecule has 5 rings (SSSR count). The zero-order valence-electron chi connectivity index (χ0n) is 15.9. The van der Waals surface area contributed by atoms with Crippen molar-refractivity contribution in [2.24, 2.45) is 0 Å². The van der Waals surface area contributed by atoms with E-state index in [0.29, 0.717) is 28.0 Å². The van der Waals surface area contributed by atoms with E-state index < -0.39 is 5.76 Å². The van der Waals surface area contributed by atoms with Crippen molar-refractivity contribution >= 4 is 23.2 Å². The Hall–Kier alpha value is -2.32. The number of fused-ring (bicyclic) bond motifs is 1. The van der Waals surface area contributed by atoms with Crippen LogP contribution in [0.25, 0.3) is 5.69 Å². The Kier molecular flexibility index (Phi) is 5.06. The molecular weight excluding hydrogens is 429 g/mol. The number of hydrogen-bond donors (Lipinski definition) is 1. The van der Waals surface area contributed by atoms with E-state index in [1.807, 2.05) is 6.07 Å². The second kappa shape index (κ2) is 7.74. The summed E-state index contributed by atoms with van der Waals surface area (Å²) >= 11 is 12.8. The number of aliphatic hydroxyl groups is 1. The third kappa shape index (κ3) is 3.52. The summed E-state index contributed by atoms with van der Waals surface area (Å²) in [4.78, 5) is 13.9. The van der Waals surface area contributed by atoms with Gasteiger partial charge in [0, 0.05) is 28.7 Å². The van der Waals surface area contributed by atoms with Gasteiger partial charge < -0.3 is 14.3 Å². The molecule has 2 aliphatic rings. The molecule has 7 nitrogen and oxygen atoms in total. The predicted octanol–water partition coefficient (Wildman–Crippen LogP) is 3.24. The summed E-state index contributed by atoms with van der Waals surface area (Å²) in [6.45, 7) is 1.41. The molecule has 1 aliphatic heterocycles. The van der Waals surface area contributed by atoms with Crippen LogP contribution in [0.1, 0.15) is 23.7 Å². The first-order valence-corrected chi connectivity index (χ1v) is 10.4. The van der Waals surface area contributed by atoms with Gasteiger partial charge in [-0.1, -0.05) is 23.2 Å². The van der Waals surface area contributed by atoms with Gasteiger partial charge in [-0.25, -0.2) is 4.79 Å². The van der Waals surface area contributed by atoms with Gasteiger partial charge in [0.15, 0.2) is 0 Å².